The number of nitrogens with zero attached hydrogens (tertiary/aromatic N) is 1. The third kappa shape index (κ3) is 1.64. The molecule has 0 spiro atoms. The normalized spacial score (nSPS) is 30.9. The smallest absolute Gasteiger partial charge is 0.262 e. The number of rotatable bonds is 1. The van der Waals surface area contributed by atoms with Gasteiger partial charge in [0, 0.05) is 11.9 Å². The first kappa shape index (κ1) is 7.83. The summed E-state index contributed by atoms with van der Waals surface area (Å²) in [5.41, 5.74) is -0.00266. The highest BCUT2D eigenvalue weighted by molar-refractivity contribution is 6.23. The number of carbonyl (C=O) groups is 4. The molecule has 2 heterocycles. The van der Waals surface area contributed by atoms with Crippen molar-refractivity contribution in [1.29, 1.82) is 0 Å². The highest BCUT2D eigenvalue weighted by atomic mass is 16.2. The molecular weight excluding hydrogens is 249 g/mol. The van der Waals surface area contributed by atoms with Gasteiger partial charge in [-0.1, -0.05) is 12.1 Å². The van der Waals surface area contributed by atoms with Crippen LogP contribution in [0.4, 0.5) is 0 Å². The number of benzene rings is 1. The minimum atomic E-state index is -3.08. The highest BCUT2D eigenvalue weighted by Crippen LogP contribution is 2.26. The number of carbonyl (C=O) groups excluding carboxylic acids is 4. The van der Waals surface area contributed by atoms with E-state index in [9.17, 15) is 19.2 Å². The van der Waals surface area contributed by atoms with Crippen molar-refractivity contribution in [3.8, 4) is 0 Å². The van der Waals surface area contributed by atoms with Crippen LogP contribution in [0.1, 0.15) is 38.9 Å². The maximum atomic E-state index is 12.4. The van der Waals surface area contributed by atoms with Crippen molar-refractivity contribution in [1.82, 2.24) is 10.2 Å². The molecule has 1 N–H and O–H groups in total. The number of imide groups is 2. The van der Waals surface area contributed by atoms with Gasteiger partial charge < -0.3 is 0 Å². The molecule has 3 rings (SSSR count). The molecular formula is C13H10N2O4. The predicted octanol–water partition coefficient (Wildman–Crippen LogP) is 0.0878. The van der Waals surface area contributed by atoms with Crippen LogP contribution in [0.3, 0.4) is 0 Å². The Bertz CT molecular complexity index is 742. The Kier molecular flexibility index (Phi) is 1.65. The number of amides is 4. The summed E-state index contributed by atoms with van der Waals surface area (Å²) in [5, 5.41) is 1.68. The minimum Gasteiger partial charge on any atom is -0.295 e. The molecule has 0 radical (unpaired) electrons. The van der Waals surface area contributed by atoms with Gasteiger partial charge in [-0.3, -0.25) is 29.4 Å². The monoisotopic (exact) mass is 263 g/mol. The average molecular weight is 263 g/mol. The Morgan fingerprint density at radius 2 is 1.68 bits per heavy atom. The van der Waals surface area contributed by atoms with Crippen molar-refractivity contribution in [3.05, 3.63) is 35.4 Å². The summed E-state index contributed by atoms with van der Waals surface area (Å²) >= 11 is 0. The lowest BCUT2D eigenvalue weighted by Crippen LogP contribution is -2.54. The fourth-order valence-corrected chi connectivity index (χ4v) is 2.04. The fourth-order valence-electron chi connectivity index (χ4n) is 2.04. The molecule has 2 aliphatic heterocycles. The van der Waals surface area contributed by atoms with E-state index in [1.54, 1.807) is 5.32 Å². The van der Waals surface area contributed by atoms with E-state index >= 15 is 0 Å². The Morgan fingerprint density at radius 1 is 1.11 bits per heavy atom. The van der Waals surface area contributed by atoms with Gasteiger partial charge in [0.25, 0.3) is 11.8 Å². The molecule has 4 amide bonds. The number of nitrogens with one attached hydrogen (secondary N) is 1. The summed E-state index contributed by atoms with van der Waals surface area (Å²) in [6.07, 6.45) is -6.15. The predicted molar refractivity (Wildman–Crippen MR) is 63.1 cm³/mol. The molecule has 96 valence electrons. The summed E-state index contributed by atoms with van der Waals surface area (Å²) in [6.45, 7) is 0. The second kappa shape index (κ2) is 4.01. The first-order valence-electron chi connectivity index (χ1n) is 7.43. The van der Waals surface area contributed by atoms with E-state index in [0.29, 0.717) is 4.90 Å². The molecule has 19 heavy (non-hydrogen) atoms. The van der Waals surface area contributed by atoms with Crippen molar-refractivity contribution in [3.63, 3.8) is 0 Å². The fraction of sp³-hybridized carbons (Fsp3) is 0.231. The molecule has 1 aromatic rings. The van der Waals surface area contributed by atoms with E-state index in [0.717, 1.165) is 0 Å². The Labute approximate surface area is 114 Å². The van der Waals surface area contributed by atoms with E-state index in [-0.39, 0.29) is 11.1 Å². The molecule has 6 heteroatoms. The average Bonchev–Trinajstić information content (AvgIpc) is 2.71. The summed E-state index contributed by atoms with van der Waals surface area (Å²) in [4.78, 5) is 48.7. The Morgan fingerprint density at radius 3 is 2.26 bits per heavy atom. The van der Waals surface area contributed by atoms with Crippen LogP contribution in [0.25, 0.3) is 0 Å². The van der Waals surface area contributed by atoms with Crippen LogP contribution in [-0.2, 0) is 9.59 Å². The van der Waals surface area contributed by atoms with Crippen molar-refractivity contribution >= 4 is 23.6 Å². The molecule has 1 unspecified atom stereocenters. The van der Waals surface area contributed by atoms with Gasteiger partial charge in [-0.25, -0.2) is 0 Å². The Hall–Kier alpha value is -2.50. The number of fused-ring (bicyclic) bond motifs is 1. The van der Waals surface area contributed by atoms with Gasteiger partial charge in [0.2, 0.25) is 11.8 Å². The number of hydrogen-bond donors (Lipinski definition) is 1. The molecule has 2 aliphatic rings. The Balaban J connectivity index is 2.12. The standard InChI is InChI=1S/C13H10N2O4/c16-10-6-5-9(11(17)14-10)15-12(18)7-3-1-2-4-8(7)13(15)19/h1-4,9H,5-6H2,(H,14,16,17)/i5D2,6D2,14+1. The second-order valence-corrected chi connectivity index (χ2v) is 4.02. The van der Waals surface area contributed by atoms with E-state index in [4.69, 9.17) is 5.48 Å². The molecule has 0 aliphatic carbocycles. The minimum absolute atomic E-state index is 0.00133. The van der Waals surface area contributed by atoms with Gasteiger partial charge in [0.05, 0.1) is 11.1 Å². The van der Waals surface area contributed by atoms with Crippen LogP contribution in [0, 0.1) is 0 Å². The van der Waals surface area contributed by atoms with Gasteiger partial charge in [0.1, 0.15) is 6.04 Å². The summed E-state index contributed by atoms with van der Waals surface area (Å²) < 4.78 is 30.9. The zero-order valence-corrected chi connectivity index (χ0v) is 9.47. The molecule has 0 aromatic heterocycles. The van der Waals surface area contributed by atoms with E-state index in [2.05, 4.69) is 0 Å². The maximum Gasteiger partial charge on any atom is 0.262 e. The summed E-state index contributed by atoms with van der Waals surface area (Å²) in [7, 11) is 0. The molecule has 1 atom stereocenters. The van der Waals surface area contributed by atoms with Crippen molar-refractivity contribution in [2.45, 2.75) is 18.8 Å². The van der Waals surface area contributed by atoms with Gasteiger partial charge in [-0.05, 0) is 18.5 Å². The lowest BCUT2D eigenvalue weighted by molar-refractivity contribution is -0.136. The van der Waals surface area contributed by atoms with E-state index in [1.165, 1.54) is 24.3 Å². The number of hydrogen-bond acceptors (Lipinski definition) is 4. The van der Waals surface area contributed by atoms with Gasteiger partial charge in [0.15, 0.2) is 0 Å². The number of piperidine rings is 1. The highest BCUT2D eigenvalue weighted by Gasteiger charge is 2.44. The lowest BCUT2D eigenvalue weighted by Gasteiger charge is -2.27. The van der Waals surface area contributed by atoms with Crippen LogP contribution < -0.4 is 5.32 Å². The molecule has 0 saturated carbocycles. The lowest BCUT2D eigenvalue weighted by atomic mass is 10.1. The van der Waals surface area contributed by atoms with Crippen LogP contribution >= 0.6 is 0 Å². The van der Waals surface area contributed by atoms with Crippen LogP contribution in [0.2, 0.25) is 0 Å². The SMILES string of the molecule is [2H]C1([2H])C(=O)[15NH]C(=O)C(N2C(=O)c3ccccc3C2=O)C1([2H])[2H]. The largest absolute Gasteiger partial charge is 0.295 e. The first-order valence-corrected chi connectivity index (χ1v) is 5.43. The molecule has 1 fully saturated rings. The summed E-state index contributed by atoms with van der Waals surface area (Å²) in [6, 6.07) is 3.64. The first-order chi connectivity index (χ1) is 10.6. The van der Waals surface area contributed by atoms with Gasteiger partial charge >= 0.3 is 0 Å². The van der Waals surface area contributed by atoms with Crippen LogP contribution in [0.15, 0.2) is 24.3 Å². The molecule has 1 aromatic carbocycles. The van der Waals surface area contributed by atoms with Crippen molar-refractivity contribution in [2.24, 2.45) is 0 Å². The molecule has 1 saturated heterocycles. The molecule has 6 nitrogen and oxygen atoms in total. The zero-order valence-electron chi connectivity index (χ0n) is 13.5. The quantitative estimate of drug-likeness (QED) is 0.575. The maximum absolute atomic E-state index is 12.4. The van der Waals surface area contributed by atoms with Crippen LogP contribution in [0.5, 0.6) is 0 Å². The zero-order chi connectivity index (χ0) is 17.2. The van der Waals surface area contributed by atoms with Crippen LogP contribution in [-0.4, -0.2) is 34.6 Å². The van der Waals surface area contributed by atoms with Crippen molar-refractivity contribution in [2.75, 3.05) is 0 Å². The molecule has 0 bridgehead atoms. The topological polar surface area (TPSA) is 83.6 Å². The second-order valence-electron chi connectivity index (χ2n) is 4.02. The van der Waals surface area contributed by atoms with E-state index in [1.807, 2.05) is 0 Å². The van der Waals surface area contributed by atoms with Crippen molar-refractivity contribution < 1.29 is 24.7 Å². The summed E-state index contributed by atoms with van der Waals surface area (Å²) in [5.74, 6) is -4.48. The third-order valence-electron chi connectivity index (χ3n) is 2.89. The van der Waals surface area contributed by atoms with Gasteiger partial charge in [-0.2, -0.15) is 0 Å². The van der Waals surface area contributed by atoms with E-state index < -0.39 is 42.4 Å². The van der Waals surface area contributed by atoms with Gasteiger partial charge in [-0.15, -0.1) is 0 Å². The third-order valence-corrected chi connectivity index (χ3v) is 2.89.